The summed E-state index contributed by atoms with van der Waals surface area (Å²) < 4.78 is 11.3. The summed E-state index contributed by atoms with van der Waals surface area (Å²) in [6.07, 6.45) is 13.8. The molecule has 6 aromatic carbocycles. The van der Waals surface area contributed by atoms with Crippen LogP contribution in [0.25, 0.3) is 111 Å². The van der Waals surface area contributed by atoms with Crippen molar-refractivity contribution in [3.63, 3.8) is 0 Å². The van der Waals surface area contributed by atoms with Crippen LogP contribution in [0.15, 0.2) is 195 Å². The fraction of sp³-hybridized carbons (Fsp3) is 0.307. The number of hydrogen-bond donors (Lipinski definition) is 0. The van der Waals surface area contributed by atoms with Crippen LogP contribution in [0.1, 0.15) is 148 Å². The van der Waals surface area contributed by atoms with E-state index in [4.69, 9.17) is 4.98 Å². The third-order valence-corrected chi connectivity index (χ3v) is 22.5. The normalized spacial score (nSPS) is 11.3. The van der Waals surface area contributed by atoms with Crippen molar-refractivity contribution in [2.45, 2.75) is 164 Å². The van der Waals surface area contributed by atoms with Gasteiger partial charge in [-0.15, -0.1) is 0 Å². The second-order valence-electron chi connectivity index (χ2n) is 32.5. The van der Waals surface area contributed by atoms with Crippen molar-refractivity contribution < 1.29 is 22.8 Å². The highest BCUT2D eigenvalue weighted by atomic mass is 15.0. The quantitative estimate of drug-likeness (QED) is 0.127. The maximum Gasteiger partial charge on any atom is 0.231 e. The molecule has 0 N–H and O–H groups in total. The molecule has 0 aliphatic heterocycles. The van der Waals surface area contributed by atoms with Crippen LogP contribution in [0, 0.1) is 116 Å². The minimum absolute atomic E-state index is 0.485. The monoisotopic (exact) mass is 1470 g/mol. The minimum Gasteiger partial charge on any atom is -0.264 e. The van der Waals surface area contributed by atoms with E-state index in [1.165, 1.54) is 184 Å². The van der Waals surface area contributed by atoms with Gasteiger partial charge in [-0.3, -0.25) is 4.98 Å². The number of aromatic nitrogens is 10. The maximum absolute atomic E-state index is 4.72. The topological polar surface area (TPSA) is 83.8 Å². The molecule has 10 heteroatoms. The highest BCUT2D eigenvalue weighted by Crippen LogP contribution is 2.33. The molecule has 0 aliphatic rings. The van der Waals surface area contributed by atoms with Gasteiger partial charge < -0.3 is 0 Å². The average molecular weight is 1470 g/mol. The van der Waals surface area contributed by atoms with Crippen molar-refractivity contribution in [3.05, 3.63) is 295 Å². The van der Waals surface area contributed by atoms with Gasteiger partial charge in [0.25, 0.3) is 0 Å². The van der Waals surface area contributed by atoms with Gasteiger partial charge in [-0.05, 0) is 274 Å². The SMILES string of the molecule is Cc1cc(C)c(C)c(-c2ccc3cnccc3[n+]2C)c1.Cc1cc(C)c(C)c(-c2ccc3ncc(C(C)C)cc3[n+]2C)c1.Cc1cc(C)c(C)c(-c2ccc3ncc(CC(C)C)cc3[n+]2C)c1.Cc1cc(C)c(C)c(-c2ccc3ncccc3[n+]2C)c1.Cc1cc(C)c(C)c(-c2cnc3ccc(CC(C)C)cc3[n+]2C)c1. The highest BCUT2D eigenvalue weighted by Gasteiger charge is 2.25. The fourth-order valence-corrected chi connectivity index (χ4v) is 15.7. The van der Waals surface area contributed by atoms with Crippen LogP contribution in [0.3, 0.4) is 0 Å². The Kier molecular flexibility index (Phi) is 25.1. The molecule has 0 atom stereocenters. The lowest BCUT2D eigenvalue weighted by molar-refractivity contribution is -0.634. The van der Waals surface area contributed by atoms with Gasteiger partial charge in [-0.25, -0.2) is 19.9 Å². The molecular formula is C101H117N10+5. The lowest BCUT2D eigenvalue weighted by atomic mass is 9.97. The lowest BCUT2D eigenvalue weighted by Gasteiger charge is -2.11. The van der Waals surface area contributed by atoms with Crippen LogP contribution in [-0.4, -0.2) is 24.9 Å². The van der Waals surface area contributed by atoms with Crippen molar-refractivity contribution in [1.82, 2.24) is 24.9 Å². The van der Waals surface area contributed by atoms with Gasteiger partial charge in [0.2, 0.25) is 56.1 Å². The first-order valence-corrected chi connectivity index (χ1v) is 39.5. The zero-order chi connectivity index (χ0) is 80.1. The molecule has 15 aromatic rings. The Morgan fingerprint density at radius 3 is 1.05 bits per heavy atom. The van der Waals surface area contributed by atoms with E-state index in [0.29, 0.717) is 17.8 Å². The van der Waals surface area contributed by atoms with E-state index in [-0.39, 0.29) is 0 Å². The number of rotatable bonds is 10. The van der Waals surface area contributed by atoms with Crippen LogP contribution in [0.5, 0.6) is 0 Å². The molecule has 0 amide bonds. The molecule has 566 valence electrons. The number of pyridine rings is 8. The van der Waals surface area contributed by atoms with Gasteiger partial charge in [0.15, 0.2) is 0 Å². The second kappa shape index (κ2) is 34.4. The van der Waals surface area contributed by atoms with Crippen molar-refractivity contribution >= 4 is 55.0 Å². The summed E-state index contributed by atoms with van der Waals surface area (Å²) in [6.45, 7) is 46.1. The number of fused-ring (bicyclic) bond motifs is 5. The van der Waals surface area contributed by atoms with Crippen molar-refractivity contribution in [1.29, 1.82) is 0 Å². The summed E-state index contributed by atoms with van der Waals surface area (Å²) in [6, 6.07) is 57.2. The van der Waals surface area contributed by atoms with E-state index in [9.17, 15) is 0 Å². The smallest absolute Gasteiger partial charge is 0.231 e. The zero-order valence-corrected chi connectivity index (χ0v) is 71.1. The molecule has 10 nitrogen and oxygen atoms in total. The van der Waals surface area contributed by atoms with E-state index in [1.54, 1.807) is 0 Å². The third-order valence-electron chi connectivity index (χ3n) is 22.5. The number of nitrogens with zero attached hydrogens (tertiary/aromatic N) is 10. The van der Waals surface area contributed by atoms with Gasteiger partial charge in [0.05, 0.1) is 10.9 Å². The first-order chi connectivity index (χ1) is 52.8. The largest absolute Gasteiger partial charge is 0.264 e. The van der Waals surface area contributed by atoms with Crippen LogP contribution < -0.4 is 22.8 Å². The molecule has 9 heterocycles. The highest BCUT2D eigenvalue weighted by molar-refractivity contribution is 5.80. The van der Waals surface area contributed by atoms with E-state index in [0.717, 1.165) is 40.4 Å². The Morgan fingerprint density at radius 1 is 0.279 bits per heavy atom. The zero-order valence-electron chi connectivity index (χ0n) is 71.1. The van der Waals surface area contributed by atoms with Crippen LogP contribution >= 0.6 is 0 Å². The summed E-state index contributed by atoms with van der Waals surface area (Å²) in [7, 11) is 10.7. The van der Waals surface area contributed by atoms with Crippen molar-refractivity contribution in [2.75, 3.05) is 0 Å². The Hall–Kier alpha value is -11.1. The summed E-state index contributed by atoms with van der Waals surface area (Å²) in [4.78, 5) is 22.6. The molecular weight excluding hydrogens is 1350 g/mol. The standard InChI is InChI=1S/2C22H27N2.C21H25N2.2C18H19N2/c1-14(2)9-18-12-22-20(23-13-18)7-8-21(24(22)6)19-11-15(3)10-16(4)17(19)5;1-14(2)9-18-7-8-20-21(12-18)24(6)22(13-23-20)19-11-15(3)10-16(4)17(19)5;1-13(2)17-11-21-19(22-12-17)7-8-20(23(21)6)18-10-14(3)9-15(4)16(18)5;1-12-9-13(2)14(3)16(10-12)18-6-5-15-11-19-8-7-17(15)20(18)4;1-12-10-13(2)14(3)15(11-12)17-8-7-16-18(20(17)4)6-5-9-19-16/h2*7-8,10-14H,9H2,1-6H3;7-13H,1-6H3;2*5-11H,1-4H3/q5*+1. The van der Waals surface area contributed by atoms with Crippen LogP contribution in [0.4, 0.5) is 0 Å². The Balaban J connectivity index is 0.000000138. The average Bonchev–Trinajstić information content (AvgIpc) is 0.429. The lowest BCUT2D eigenvalue weighted by Crippen LogP contribution is -2.33. The first-order valence-electron chi connectivity index (χ1n) is 39.5. The Labute approximate surface area is 661 Å². The summed E-state index contributed by atoms with van der Waals surface area (Å²) in [5, 5.41) is 1.17. The molecule has 0 saturated carbocycles. The summed E-state index contributed by atoms with van der Waals surface area (Å²) in [5.74, 6) is 1.78. The van der Waals surface area contributed by atoms with Gasteiger partial charge >= 0.3 is 0 Å². The van der Waals surface area contributed by atoms with E-state index < -0.39 is 0 Å². The number of benzene rings is 6. The minimum atomic E-state index is 0.485. The molecule has 0 spiro atoms. The second-order valence-corrected chi connectivity index (χ2v) is 32.5. The molecule has 15 rings (SSSR count). The molecule has 0 bridgehead atoms. The van der Waals surface area contributed by atoms with Crippen LogP contribution in [-0.2, 0) is 48.1 Å². The van der Waals surface area contributed by atoms with E-state index in [2.05, 4.69) is 375 Å². The van der Waals surface area contributed by atoms with Gasteiger partial charge in [0.1, 0.15) is 63.5 Å². The van der Waals surface area contributed by atoms with Crippen LogP contribution in [0.2, 0.25) is 0 Å². The molecule has 0 unspecified atom stereocenters. The van der Waals surface area contributed by atoms with E-state index in [1.807, 2.05) is 43.2 Å². The molecule has 111 heavy (non-hydrogen) atoms. The molecule has 0 saturated heterocycles. The van der Waals surface area contributed by atoms with E-state index >= 15 is 0 Å². The Morgan fingerprint density at radius 2 is 0.622 bits per heavy atom. The maximum atomic E-state index is 4.72. The van der Waals surface area contributed by atoms with Gasteiger partial charge in [0, 0.05) is 108 Å². The predicted octanol–water partition coefficient (Wildman–Crippen LogP) is 21.8. The molecule has 0 radical (unpaired) electrons. The van der Waals surface area contributed by atoms with Crippen molar-refractivity contribution in [2.24, 2.45) is 47.1 Å². The summed E-state index contributed by atoms with van der Waals surface area (Å²) in [5.41, 5.74) is 46.6. The molecule has 0 aliphatic carbocycles. The molecule has 9 aromatic heterocycles. The summed E-state index contributed by atoms with van der Waals surface area (Å²) >= 11 is 0. The first kappa shape index (κ1) is 80.9. The Bertz CT molecular complexity index is 5730. The van der Waals surface area contributed by atoms with Gasteiger partial charge in [-0.2, -0.15) is 22.8 Å². The predicted molar refractivity (Wildman–Crippen MR) is 464 cm³/mol. The number of aryl methyl sites for hydroxylation is 15. The fourth-order valence-electron chi connectivity index (χ4n) is 15.7. The number of hydrogen-bond acceptors (Lipinski definition) is 5. The van der Waals surface area contributed by atoms with Gasteiger partial charge in [-0.1, -0.05) is 106 Å². The molecule has 0 fully saturated rings. The van der Waals surface area contributed by atoms with Crippen molar-refractivity contribution in [3.8, 4) is 56.3 Å². The third kappa shape index (κ3) is 18.0.